The Bertz CT molecular complexity index is 4740. The summed E-state index contributed by atoms with van der Waals surface area (Å²) in [6.45, 7) is 28.9. The quantitative estimate of drug-likeness (QED) is 0.0271. The molecule has 2 aromatic heterocycles. The van der Waals surface area contributed by atoms with Crippen molar-refractivity contribution in [3.05, 3.63) is 211 Å². The Balaban J connectivity index is 0.000000260. The van der Waals surface area contributed by atoms with E-state index >= 15 is 0 Å². The summed E-state index contributed by atoms with van der Waals surface area (Å²) in [5.74, 6) is -0.0226. The van der Waals surface area contributed by atoms with Crippen LogP contribution in [0.4, 0.5) is 11.4 Å². The van der Waals surface area contributed by atoms with E-state index in [0.717, 1.165) is 56.4 Å². The average Bonchev–Trinajstić information content (AvgIpc) is 0.860. The Morgan fingerprint density at radius 1 is 0.546 bits per heavy atom. The van der Waals surface area contributed by atoms with E-state index < -0.39 is 39.1 Å². The number of aromatic amines is 2. The third kappa shape index (κ3) is 26.1. The molecule has 2 heterocycles. The van der Waals surface area contributed by atoms with Crippen LogP contribution < -0.4 is 20.2 Å². The molecule has 0 radical (unpaired) electrons. The number of carboxylic acids is 2. The maximum Gasteiger partial charge on any atom is 0.490 e. The minimum absolute atomic E-state index is 0. The van der Waals surface area contributed by atoms with E-state index in [2.05, 4.69) is 157 Å². The Morgan fingerprint density at radius 2 is 0.972 bits per heavy atom. The molecular weight excluding hydrogens is 1660 g/mol. The number of hydrogen-bond acceptors (Lipinski definition) is 10. The number of benzene rings is 8. The number of aliphatic carboxylic acids is 2. The van der Waals surface area contributed by atoms with Crippen molar-refractivity contribution in [3.63, 3.8) is 0 Å². The van der Waals surface area contributed by atoms with Gasteiger partial charge in [-0.1, -0.05) is 257 Å². The number of para-hydroxylation sites is 2. The summed E-state index contributed by atoms with van der Waals surface area (Å²) in [4.78, 5) is 18.3. The number of halogens is 3. The summed E-state index contributed by atoms with van der Waals surface area (Å²) in [7, 11) is -9.61. The predicted octanol–water partition coefficient (Wildman–Crippen LogP) is 21.6. The van der Waals surface area contributed by atoms with Crippen LogP contribution in [-0.2, 0) is 60.9 Å². The molecule has 2 fully saturated rings. The molecule has 0 saturated heterocycles. The van der Waals surface area contributed by atoms with Crippen molar-refractivity contribution in [2.24, 2.45) is 0 Å². The van der Waals surface area contributed by atoms with Crippen LogP contribution in [-0.4, -0.2) is 87.9 Å². The van der Waals surface area contributed by atoms with Gasteiger partial charge < -0.3 is 20.3 Å². The van der Waals surface area contributed by atoms with Gasteiger partial charge >= 0.3 is 7.12 Å². The molecule has 8 aromatic carbocycles. The third-order valence-electron chi connectivity index (χ3n) is 18.5. The zero-order chi connectivity index (χ0) is 78.0. The Hall–Kier alpha value is -6.47. The number of anilines is 2. The van der Waals surface area contributed by atoms with E-state index in [9.17, 15) is 26.9 Å². The standard InChI is InChI=1S/C33H49P.C23H22ClN3O2S.C16H19BClNO4S.C7H5IN2.2C2H4O2.CH4.Pd/c1-23(2)26-21-30(24(3)4)33(31(22-26)25(5)6)29-19-13-14-20-32(29)34(27-15-9-7-10-16-27)28-17-11-8-12-18-28;1-23(2,3)15-8-11-17(12-9-15)30(28,29)27-21-13-10-16(24)14-19(21)22-18-6-4-5-7-20(18)25-26-22;1-16(2,3)11-4-7-13(8-5-11)24(22,23)19-15-9-6-12(18)10-14(15)17(20)21;8-7-5-3-1-2-4-6(5)9-10-7;2*1-2(3)4;;/h13-14,19-25,27-28H,7-12,15-18H2,1-6H3;4-14,27H,1-3H3,(H,25,26);4-10,19-21H,1-3H3;1-4H,(H,9,10);2*1H3,(H,3,4);1H4;. The number of fused-ring (bicyclic) bond motifs is 2. The second-order valence-electron chi connectivity index (χ2n) is 29.8. The van der Waals surface area contributed by atoms with Crippen molar-refractivity contribution < 1.29 is 67.1 Å². The number of nitrogens with one attached hydrogen (secondary N) is 4. The van der Waals surface area contributed by atoms with Gasteiger partial charge in [-0.3, -0.25) is 29.2 Å². The SMILES string of the molecule is C.CC(=O)O.CC(=O)O.CC(C)(C)c1ccc(S(=O)(=O)Nc2ccc(Cl)cc2-c2n[nH]c3ccccc23)cc1.CC(C)(C)c1ccc(S(=O)(=O)Nc2ccc(Cl)cc2B(O)O)cc1.CC(C)c1cc(C(C)C)c(-c2ccccc2P(C2CCCCC2)C2CCCCC2)c(C(C)C)c1.Ic1[nH]nc2ccccc12.[Pd]. The number of aromatic nitrogens is 4. The monoisotopic (exact) mass is 1770 g/mol. The summed E-state index contributed by atoms with van der Waals surface area (Å²) in [5.41, 5.74) is 15.2. The van der Waals surface area contributed by atoms with Crippen LogP contribution in [0.25, 0.3) is 44.2 Å². The number of nitrogens with zero attached hydrogens (tertiary/aromatic N) is 2. The summed E-state index contributed by atoms with van der Waals surface area (Å²) in [6.07, 6.45) is 14.6. The summed E-state index contributed by atoms with van der Waals surface area (Å²) < 4.78 is 57.3. The zero-order valence-electron chi connectivity index (χ0n) is 63.5. The third-order valence-corrected chi connectivity index (χ3v) is 26.1. The van der Waals surface area contributed by atoms with Crippen molar-refractivity contribution in [1.82, 2.24) is 20.4 Å². The van der Waals surface area contributed by atoms with Gasteiger partial charge in [-0.2, -0.15) is 10.2 Å². The molecule has 16 nitrogen and oxygen atoms in total. The number of hydrogen-bond donors (Lipinski definition) is 8. The van der Waals surface area contributed by atoms with Crippen molar-refractivity contribution >= 4 is 137 Å². The molecule has 584 valence electrons. The van der Waals surface area contributed by atoms with Crippen LogP contribution >= 0.6 is 53.7 Å². The van der Waals surface area contributed by atoms with Crippen LogP contribution in [0.15, 0.2) is 180 Å². The molecule has 0 spiro atoms. The number of sulfonamides is 2. The maximum absolute atomic E-state index is 13.1. The van der Waals surface area contributed by atoms with Crippen LogP contribution in [0.5, 0.6) is 0 Å². The minimum Gasteiger partial charge on any atom is -0.481 e. The molecule has 0 aliphatic heterocycles. The Labute approximate surface area is 680 Å². The van der Waals surface area contributed by atoms with E-state index in [0.29, 0.717) is 39.7 Å². The first-order chi connectivity index (χ1) is 49.9. The fourth-order valence-corrected chi connectivity index (χ4v) is 20.0. The van der Waals surface area contributed by atoms with Crippen LogP contribution in [0.2, 0.25) is 10.0 Å². The normalized spacial score (nSPS) is 13.4. The molecular formula is C84H107BCl2IN6O10PPdS2. The van der Waals surface area contributed by atoms with Crippen LogP contribution in [0, 0.1) is 3.70 Å². The second-order valence-corrected chi connectivity index (χ2v) is 37.9. The second kappa shape index (κ2) is 41.7. The van der Waals surface area contributed by atoms with E-state index in [1.807, 2.05) is 75.4 Å². The van der Waals surface area contributed by atoms with Crippen molar-refractivity contribution in [3.8, 4) is 22.4 Å². The molecule has 2 aliphatic carbocycles. The molecule has 0 bridgehead atoms. The average molecular weight is 1770 g/mol. The molecule has 8 N–H and O–H groups in total. The van der Waals surface area contributed by atoms with E-state index in [4.69, 9.17) is 43.0 Å². The Morgan fingerprint density at radius 3 is 1.43 bits per heavy atom. The summed E-state index contributed by atoms with van der Waals surface area (Å²) in [5, 5.41) is 52.6. The number of carboxylic acid groups (broad SMARTS) is 2. The summed E-state index contributed by atoms with van der Waals surface area (Å²) in [6, 6.07) is 53.2. The van der Waals surface area contributed by atoms with Gasteiger partial charge in [-0.15, -0.1) is 0 Å². The molecule has 108 heavy (non-hydrogen) atoms. The van der Waals surface area contributed by atoms with Gasteiger partial charge in [0.1, 0.15) is 9.39 Å². The van der Waals surface area contributed by atoms with Gasteiger partial charge in [0, 0.05) is 71.8 Å². The molecule has 12 rings (SSSR count). The number of carbonyl (C=O) groups is 2. The number of rotatable bonds is 15. The topological polar surface area (TPSA) is 265 Å². The molecule has 0 atom stereocenters. The van der Waals surface area contributed by atoms with Gasteiger partial charge in [0.25, 0.3) is 32.0 Å². The van der Waals surface area contributed by atoms with E-state index in [-0.39, 0.29) is 72.6 Å². The molecule has 0 amide bonds. The van der Waals surface area contributed by atoms with Crippen LogP contribution in [0.3, 0.4) is 0 Å². The van der Waals surface area contributed by atoms with E-state index in [1.165, 1.54) is 105 Å². The van der Waals surface area contributed by atoms with Crippen LogP contribution in [0.1, 0.15) is 214 Å². The first-order valence-electron chi connectivity index (χ1n) is 36.1. The largest absolute Gasteiger partial charge is 0.490 e. The van der Waals surface area contributed by atoms with Gasteiger partial charge in [-0.25, -0.2) is 16.8 Å². The summed E-state index contributed by atoms with van der Waals surface area (Å²) >= 11 is 14.3. The maximum atomic E-state index is 13.1. The fraction of sp³-hybridized carbons (Fsp3) is 0.381. The van der Waals surface area contributed by atoms with E-state index in [1.54, 1.807) is 70.0 Å². The van der Waals surface area contributed by atoms with Gasteiger partial charge in [-0.05, 0) is 205 Å². The number of H-pyrrole nitrogens is 2. The molecule has 10 aromatic rings. The van der Waals surface area contributed by atoms with Crippen molar-refractivity contribution in [2.75, 3.05) is 9.44 Å². The fourth-order valence-electron chi connectivity index (χ4n) is 13.0. The first kappa shape index (κ1) is 92.1. The Kier molecular flexibility index (Phi) is 35.6. The smallest absolute Gasteiger partial charge is 0.481 e. The van der Waals surface area contributed by atoms with Crippen molar-refractivity contribution in [1.29, 1.82) is 0 Å². The van der Waals surface area contributed by atoms with Crippen molar-refractivity contribution in [2.45, 2.75) is 218 Å². The molecule has 2 saturated carbocycles. The minimum atomic E-state index is -3.86. The van der Waals surface area contributed by atoms with Gasteiger partial charge in [0.15, 0.2) is 0 Å². The molecule has 24 heteroatoms. The van der Waals surface area contributed by atoms with Gasteiger partial charge in [0.05, 0.1) is 26.5 Å². The first-order valence-corrected chi connectivity index (χ1v) is 42.3. The van der Waals surface area contributed by atoms with Gasteiger partial charge in [0.2, 0.25) is 0 Å². The molecule has 0 unspecified atom stereocenters. The predicted molar refractivity (Wildman–Crippen MR) is 456 cm³/mol. The molecule has 2 aliphatic rings. The zero-order valence-corrected chi connectivity index (χ0v) is 71.3.